The third kappa shape index (κ3) is 8.91. The number of benzene rings is 1. The molecule has 0 spiro atoms. The molecule has 0 bridgehead atoms. The van der Waals surface area contributed by atoms with Gasteiger partial charge in [-0.3, -0.25) is 0 Å². The molecule has 1 aromatic carbocycles. The summed E-state index contributed by atoms with van der Waals surface area (Å²) in [6.45, 7) is 0. The topological polar surface area (TPSA) is 0 Å². The molecule has 0 aliphatic heterocycles. The summed E-state index contributed by atoms with van der Waals surface area (Å²) in [7, 11) is 0. The summed E-state index contributed by atoms with van der Waals surface area (Å²) in [5.41, 5.74) is 0. The van der Waals surface area contributed by atoms with Gasteiger partial charge in [-0.1, -0.05) is 0 Å². The number of hydrogen-bond donors (Lipinski definition) is 0. The van der Waals surface area contributed by atoms with Crippen LogP contribution in [0.25, 0.3) is 0 Å². The Balaban J connectivity index is -0.000000163. The average Bonchev–Trinajstić information content (AvgIpc) is 1.69. The number of hydrogen-bond acceptors (Lipinski definition) is 0. The molecular weight excluding hydrogens is 374 g/mol. The Morgan fingerprint density at radius 1 is 1.00 bits per heavy atom. The second-order valence-corrected chi connectivity index (χ2v) is 1.44. The molecule has 45 valence electrons. The number of halogens is 1. The van der Waals surface area contributed by atoms with Crippen LogP contribution in [0.15, 0.2) is 12.1 Å². The number of rotatable bonds is 0. The van der Waals surface area contributed by atoms with Crippen molar-refractivity contribution >= 4 is 11.6 Å². The molecule has 3 radical (unpaired) electrons. The van der Waals surface area contributed by atoms with E-state index in [1.807, 2.05) is 0 Å². The third-order valence-corrected chi connectivity index (χ3v) is 0.783. The standard InChI is InChI=1S/C6H2Cl.3Y/c7-6-4-2-1-3-5-6;;;/h2-3H;;;/q-3;;;. The summed E-state index contributed by atoms with van der Waals surface area (Å²) in [5.74, 6) is 0. The maximum Gasteiger partial charge on any atom is 0 e. The Hall–Kier alpha value is 2.82. The van der Waals surface area contributed by atoms with E-state index in [4.69, 9.17) is 11.6 Å². The van der Waals surface area contributed by atoms with Crippen LogP contribution in [0.2, 0.25) is 5.02 Å². The normalized spacial score (nSPS) is 6.10. The van der Waals surface area contributed by atoms with Crippen LogP contribution in [-0.2, 0) is 98.1 Å². The first-order valence-corrected chi connectivity index (χ1v) is 2.22. The van der Waals surface area contributed by atoms with Crippen molar-refractivity contribution in [1.29, 1.82) is 0 Å². The monoisotopic (exact) mass is 376 g/mol. The molecule has 0 unspecified atom stereocenters. The van der Waals surface area contributed by atoms with Crippen LogP contribution in [0.4, 0.5) is 0 Å². The van der Waals surface area contributed by atoms with Crippen molar-refractivity contribution in [2.75, 3.05) is 0 Å². The summed E-state index contributed by atoms with van der Waals surface area (Å²) < 4.78 is 0. The first-order chi connectivity index (χ1) is 3.39. The van der Waals surface area contributed by atoms with Gasteiger partial charge in [0.15, 0.2) is 0 Å². The Morgan fingerprint density at radius 2 is 1.40 bits per heavy atom. The molecule has 0 nitrogen and oxygen atoms in total. The third-order valence-electron chi connectivity index (χ3n) is 0.564. The first-order valence-electron chi connectivity index (χ1n) is 1.84. The molecule has 10 heavy (non-hydrogen) atoms. The quantitative estimate of drug-likeness (QED) is 0.606. The van der Waals surface area contributed by atoms with E-state index >= 15 is 0 Å². The van der Waals surface area contributed by atoms with Gasteiger partial charge in [0.2, 0.25) is 0 Å². The van der Waals surface area contributed by atoms with E-state index in [1.165, 1.54) is 0 Å². The maximum atomic E-state index is 5.41. The Kier molecular flexibility index (Phi) is 22.0. The van der Waals surface area contributed by atoms with Gasteiger partial charge in [0.05, 0.1) is 0 Å². The van der Waals surface area contributed by atoms with Crippen LogP contribution in [-0.4, -0.2) is 0 Å². The SMILES string of the molecule is Clc1[c-]c[c-]c[c-]1.[Y].[Y].[Y]. The second kappa shape index (κ2) is 11.8. The minimum atomic E-state index is 0. The molecule has 0 atom stereocenters. The molecule has 1 aromatic rings. The van der Waals surface area contributed by atoms with Crippen molar-refractivity contribution in [3.05, 3.63) is 35.4 Å². The Morgan fingerprint density at radius 3 is 1.60 bits per heavy atom. The van der Waals surface area contributed by atoms with Crippen LogP contribution in [0.3, 0.4) is 0 Å². The molecule has 0 saturated carbocycles. The van der Waals surface area contributed by atoms with Gasteiger partial charge in [0.25, 0.3) is 0 Å². The first kappa shape index (κ1) is 18.6. The van der Waals surface area contributed by atoms with E-state index in [2.05, 4.69) is 18.2 Å². The van der Waals surface area contributed by atoms with Gasteiger partial charge >= 0.3 is 0 Å². The summed E-state index contributed by atoms with van der Waals surface area (Å²) in [6, 6.07) is 11.4. The minimum Gasteiger partial charge on any atom is -0.545 e. The van der Waals surface area contributed by atoms with Crippen molar-refractivity contribution in [1.82, 2.24) is 0 Å². The molecule has 0 aromatic heterocycles. The van der Waals surface area contributed by atoms with Crippen molar-refractivity contribution in [2.45, 2.75) is 0 Å². The van der Waals surface area contributed by atoms with Crippen molar-refractivity contribution < 1.29 is 98.1 Å². The molecule has 1 rings (SSSR count). The molecular formula is C6H2ClY3-3. The van der Waals surface area contributed by atoms with Crippen molar-refractivity contribution in [3.8, 4) is 0 Å². The summed E-state index contributed by atoms with van der Waals surface area (Å²) in [5, 5.41) is 0.513. The van der Waals surface area contributed by atoms with Crippen LogP contribution < -0.4 is 0 Å². The van der Waals surface area contributed by atoms with Gasteiger partial charge in [0, 0.05) is 98.1 Å². The van der Waals surface area contributed by atoms with E-state index in [1.54, 1.807) is 12.1 Å². The molecule has 0 aliphatic carbocycles. The maximum absolute atomic E-state index is 5.41. The predicted octanol–water partition coefficient (Wildman–Crippen LogP) is 1.73. The fourth-order valence-corrected chi connectivity index (χ4v) is 0.402. The molecule has 0 heterocycles. The van der Waals surface area contributed by atoms with Gasteiger partial charge in [-0.25, -0.2) is 0 Å². The van der Waals surface area contributed by atoms with Gasteiger partial charge in [-0.2, -0.15) is 11.6 Å². The Labute approximate surface area is 142 Å². The van der Waals surface area contributed by atoms with Crippen LogP contribution in [0.5, 0.6) is 0 Å². The van der Waals surface area contributed by atoms with E-state index in [0.29, 0.717) is 5.02 Å². The fourth-order valence-electron chi connectivity index (χ4n) is 0.293. The van der Waals surface area contributed by atoms with Crippen LogP contribution in [0, 0.1) is 18.2 Å². The molecule has 0 N–H and O–H groups in total. The second-order valence-electron chi connectivity index (χ2n) is 1.06. The summed E-state index contributed by atoms with van der Waals surface area (Å²) in [6.07, 6.45) is 0. The Bertz CT molecular complexity index is 143. The smallest absolute Gasteiger partial charge is 0 e. The molecule has 0 saturated heterocycles. The summed E-state index contributed by atoms with van der Waals surface area (Å²) >= 11 is 5.41. The molecule has 0 aliphatic rings. The van der Waals surface area contributed by atoms with Crippen molar-refractivity contribution in [2.24, 2.45) is 0 Å². The zero-order chi connectivity index (χ0) is 5.11. The fraction of sp³-hybridized carbons (Fsp3) is 0. The van der Waals surface area contributed by atoms with Gasteiger partial charge < -0.3 is 35.4 Å². The van der Waals surface area contributed by atoms with Crippen LogP contribution >= 0.6 is 11.6 Å². The van der Waals surface area contributed by atoms with Crippen LogP contribution in [0.1, 0.15) is 0 Å². The zero-order valence-electron chi connectivity index (χ0n) is 5.26. The predicted molar refractivity (Wildman–Crippen MR) is 28.0 cm³/mol. The molecule has 4 heteroatoms. The van der Waals surface area contributed by atoms with E-state index in [9.17, 15) is 0 Å². The zero-order valence-corrected chi connectivity index (χ0v) is 14.5. The van der Waals surface area contributed by atoms with E-state index in [-0.39, 0.29) is 98.1 Å². The summed E-state index contributed by atoms with van der Waals surface area (Å²) in [4.78, 5) is 0. The van der Waals surface area contributed by atoms with Crippen molar-refractivity contribution in [3.63, 3.8) is 0 Å². The van der Waals surface area contributed by atoms with E-state index < -0.39 is 0 Å². The minimum absolute atomic E-state index is 0. The molecule has 0 fully saturated rings. The largest absolute Gasteiger partial charge is 0.545 e. The van der Waals surface area contributed by atoms with E-state index in [0.717, 1.165) is 0 Å². The van der Waals surface area contributed by atoms with Gasteiger partial charge in [-0.15, -0.1) is 0 Å². The molecule has 0 amide bonds. The van der Waals surface area contributed by atoms with Gasteiger partial charge in [0.1, 0.15) is 0 Å². The van der Waals surface area contributed by atoms with Gasteiger partial charge in [-0.05, 0) is 0 Å². The average molecular weight is 376 g/mol.